The summed E-state index contributed by atoms with van der Waals surface area (Å²) in [5.41, 5.74) is -0.244. The van der Waals surface area contributed by atoms with Crippen LogP contribution in [0.1, 0.15) is 55.3 Å². The fourth-order valence-corrected chi connectivity index (χ4v) is 4.62. The summed E-state index contributed by atoms with van der Waals surface area (Å²) in [4.78, 5) is 41.7. The summed E-state index contributed by atoms with van der Waals surface area (Å²) in [6.07, 6.45) is 5.70. The second-order valence-electron chi connectivity index (χ2n) is 8.69. The van der Waals surface area contributed by atoms with Crippen molar-refractivity contribution >= 4 is 17.7 Å². The van der Waals surface area contributed by atoms with Crippen LogP contribution in [0.15, 0.2) is 18.2 Å². The van der Waals surface area contributed by atoms with Crippen LogP contribution in [0.25, 0.3) is 0 Å². The molecule has 0 aromatic heterocycles. The Morgan fingerprint density at radius 2 is 1.90 bits per heavy atom. The first-order valence-electron chi connectivity index (χ1n) is 11.2. The van der Waals surface area contributed by atoms with Gasteiger partial charge in [0.2, 0.25) is 11.8 Å². The average Bonchev–Trinajstić information content (AvgIpc) is 3.19. The van der Waals surface area contributed by atoms with Gasteiger partial charge in [-0.25, -0.2) is 0 Å². The molecule has 1 atom stereocenters. The van der Waals surface area contributed by atoms with Gasteiger partial charge in [-0.15, -0.1) is 0 Å². The maximum absolute atomic E-state index is 12.8. The van der Waals surface area contributed by atoms with Crippen LogP contribution in [0.2, 0.25) is 0 Å². The van der Waals surface area contributed by atoms with Crippen LogP contribution in [-0.2, 0) is 9.59 Å². The van der Waals surface area contributed by atoms with Crippen molar-refractivity contribution in [1.29, 1.82) is 0 Å². The highest BCUT2D eigenvalue weighted by Gasteiger charge is 2.41. The second kappa shape index (κ2) is 9.16. The lowest BCUT2D eigenvalue weighted by molar-refractivity contribution is -0.140. The van der Waals surface area contributed by atoms with Gasteiger partial charge in [-0.2, -0.15) is 0 Å². The summed E-state index contributed by atoms with van der Waals surface area (Å²) in [5.74, 6) is 0.863. The van der Waals surface area contributed by atoms with E-state index in [4.69, 9.17) is 9.47 Å². The molecule has 8 heteroatoms. The highest BCUT2D eigenvalue weighted by atomic mass is 16.5. The van der Waals surface area contributed by atoms with Gasteiger partial charge < -0.3 is 24.6 Å². The molecule has 4 rings (SSSR count). The molecule has 168 valence electrons. The Balaban J connectivity index is 1.46. The van der Waals surface area contributed by atoms with E-state index in [9.17, 15) is 14.4 Å². The van der Waals surface area contributed by atoms with Crippen LogP contribution < -0.4 is 14.8 Å². The van der Waals surface area contributed by atoms with Crippen molar-refractivity contribution in [2.75, 3.05) is 39.8 Å². The van der Waals surface area contributed by atoms with Gasteiger partial charge in [-0.1, -0.05) is 12.8 Å². The number of amides is 3. The van der Waals surface area contributed by atoms with E-state index in [1.807, 2.05) is 4.90 Å². The molecule has 0 radical (unpaired) electrons. The van der Waals surface area contributed by atoms with Crippen LogP contribution in [0, 0.1) is 0 Å². The number of hydrogen-bond acceptors (Lipinski definition) is 5. The Kier molecular flexibility index (Phi) is 6.34. The molecule has 8 nitrogen and oxygen atoms in total. The first-order chi connectivity index (χ1) is 15.0. The van der Waals surface area contributed by atoms with Crippen molar-refractivity contribution in [2.45, 2.75) is 50.5 Å². The van der Waals surface area contributed by atoms with Gasteiger partial charge in [-0.3, -0.25) is 14.4 Å². The van der Waals surface area contributed by atoms with E-state index in [1.54, 1.807) is 30.2 Å². The number of nitrogens with one attached hydrogen (secondary N) is 1. The number of likely N-dealkylation sites (tertiary alicyclic amines) is 2. The fourth-order valence-electron chi connectivity index (χ4n) is 4.62. The van der Waals surface area contributed by atoms with Gasteiger partial charge in [0.1, 0.15) is 17.1 Å². The van der Waals surface area contributed by atoms with Gasteiger partial charge in [0, 0.05) is 32.5 Å². The van der Waals surface area contributed by atoms with E-state index in [2.05, 4.69) is 5.32 Å². The van der Waals surface area contributed by atoms with Crippen LogP contribution in [0.3, 0.4) is 0 Å². The number of methoxy groups -OCH3 is 1. The number of hydrogen-bond donors (Lipinski definition) is 1. The van der Waals surface area contributed by atoms with Crippen molar-refractivity contribution in [3.05, 3.63) is 23.8 Å². The van der Waals surface area contributed by atoms with E-state index >= 15 is 0 Å². The quantitative estimate of drug-likeness (QED) is 0.794. The molecule has 0 bridgehead atoms. The molecule has 1 aromatic rings. The number of fused-ring (bicyclic) bond motifs is 1. The molecule has 3 aliphatic heterocycles. The van der Waals surface area contributed by atoms with Crippen LogP contribution in [0.4, 0.5) is 0 Å². The smallest absolute Gasteiger partial charge is 0.255 e. The highest BCUT2D eigenvalue weighted by Crippen LogP contribution is 2.34. The number of nitrogens with zero attached hydrogens (tertiary/aromatic N) is 2. The van der Waals surface area contributed by atoms with Gasteiger partial charge >= 0.3 is 0 Å². The van der Waals surface area contributed by atoms with Gasteiger partial charge in [0.25, 0.3) is 5.91 Å². The fraction of sp³-hybridized carbons (Fsp3) is 0.609. The maximum Gasteiger partial charge on any atom is 0.255 e. The molecule has 2 fully saturated rings. The standard InChI is InChI=1S/C23H31N3O5/c1-30-17-6-7-19-18(14-17)22(29)24-16-23(31-19)9-8-20(27)26(13-10-23)15-21(28)25-11-4-2-3-5-12-25/h6-7,14H,2-5,8-13,15-16H2,1H3,(H,24,29). The number of carbonyl (C=O) groups excluding carboxylic acids is 3. The summed E-state index contributed by atoms with van der Waals surface area (Å²) in [5, 5.41) is 2.94. The molecule has 31 heavy (non-hydrogen) atoms. The first kappa shape index (κ1) is 21.5. The zero-order chi connectivity index (χ0) is 21.8. The van der Waals surface area contributed by atoms with Crippen LogP contribution >= 0.6 is 0 Å². The monoisotopic (exact) mass is 429 g/mol. The Labute approximate surface area is 182 Å². The van der Waals surface area contributed by atoms with Crippen LogP contribution in [-0.4, -0.2) is 73.0 Å². The maximum atomic E-state index is 12.8. The van der Waals surface area contributed by atoms with Crippen LogP contribution in [0.5, 0.6) is 11.5 Å². The molecule has 0 aliphatic carbocycles. The Morgan fingerprint density at radius 1 is 1.13 bits per heavy atom. The lowest BCUT2D eigenvalue weighted by Gasteiger charge is -2.32. The van der Waals surface area contributed by atoms with E-state index in [1.165, 1.54) is 0 Å². The van der Waals surface area contributed by atoms with Crippen molar-refractivity contribution in [3.8, 4) is 11.5 Å². The van der Waals surface area contributed by atoms with E-state index in [-0.39, 0.29) is 30.7 Å². The summed E-state index contributed by atoms with van der Waals surface area (Å²) >= 11 is 0. The third kappa shape index (κ3) is 4.78. The molecule has 3 amide bonds. The number of ether oxygens (including phenoxy) is 2. The molecular formula is C23H31N3O5. The molecule has 3 aliphatic rings. The molecule has 2 saturated heterocycles. The molecule has 1 spiro atoms. The Hall–Kier alpha value is -2.77. The van der Waals surface area contributed by atoms with E-state index in [0.29, 0.717) is 43.0 Å². The Bertz CT molecular complexity index is 850. The molecule has 1 aromatic carbocycles. The summed E-state index contributed by atoms with van der Waals surface area (Å²) in [7, 11) is 1.55. The zero-order valence-corrected chi connectivity index (χ0v) is 18.2. The van der Waals surface area contributed by atoms with Crippen molar-refractivity contribution < 1.29 is 23.9 Å². The lowest BCUT2D eigenvalue weighted by atomic mass is 9.94. The van der Waals surface area contributed by atoms with Crippen molar-refractivity contribution in [3.63, 3.8) is 0 Å². The predicted octanol–water partition coefficient (Wildman–Crippen LogP) is 1.97. The lowest BCUT2D eigenvalue weighted by Crippen LogP contribution is -2.46. The minimum Gasteiger partial charge on any atom is -0.497 e. The van der Waals surface area contributed by atoms with Gasteiger partial charge in [-0.05, 0) is 37.5 Å². The third-order valence-corrected chi connectivity index (χ3v) is 6.60. The first-order valence-corrected chi connectivity index (χ1v) is 11.2. The second-order valence-corrected chi connectivity index (χ2v) is 8.69. The number of benzene rings is 1. The summed E-state index contributed by atoms with van der Waals surface area (Å²) < 4.78 is 11.6. The van der Waals surface area contributed by atoms with Crippen molar-refractivity contribution in [2.24, 2.45) is 0 Å². The number of rotatable bonds is 3. The topological polar surface area (TPSA) is 88.2 Å². The third-order valence-electron chi connectivity index (χ3n) is 6.60. The predicted molar refractivity (Wildman–Crippen MR) is 114 cm³/mol. The minimum absolute atomic E-state index is 0.0266. The normalized spacial score (nSPS) is 24.4. The molecule has 0 saturated carbocycles. The average molecular weight is 430 g/mol. The summed E-state index contributed by atoms with van der Waals surface area (Å²) in [6, 6.07) is 5.17. The molecule has 1 unspecified atom stereocenters. The van der Waals surface area contributed by atoms with E-state index < -0.39 is 5.60 Å². The number of carbonyl (C=O) groups is 3. The van der Waals surface area contributed by atoms with E-state index in [0.717, 1.165) is 38.8 Å². The SMILES string of the molecule is COc1ccc2c(c1)C(=O)NCC1(CCC(=O)N(CC(=O)N3CCCCCC3)CC1)O2. The van der Waals surface area contributed by atoms with Gasteiger partial charge in [0.15, 0.2) is 0 Å². The zero-order valence-electron chi connectivity index (χ0n) is 18.2. The van der Waals surface area contributed by atoms with Crippen molar-refractivity contribution in [1.82, 2.24) is 15.1 Å². The highest BCUT2D eigenvalue weighted by molar-refractivity contribution is 5.97. The molecule has 3 heterocycles. The largest absolute Gasteiger partial charge is 0.497 e. The van der Waals surface area contributed by atoms with Gasteiger partial charge in [0.05, 0.1) is 25.8 Å². The molecular weight excluding hydrogens is 398 g/mol. The molecule has 1 N–H and O–H groups in total. The summed E-state index contributed by atoms with van der Waals surface area (Å²) in [6.45, 7) is 2.43. The minimum atomic E-state index is -0.675. The Morgan fingerprint density at radius 3 is 2.65 bits per heavy atom.